The Morgan fingerprint density at radius 2 is 2.20 bits per heavy atom. The molecule has 1 atom stereocenters. The highest BCUT2D eigenvalue weighted by Gasteiger charge is 2.08. The summed E-state index contributed by atoms with van der Waals surface area (Å²) in [6.45, 7) is 5.24. The first kappa shape index (κ1) is 9.69. The SMILES string of the molecule is BN(CC)C(CC)CC=O. The van der Waals surface area contributed by atoms with Gasteiger partial charge in [0.15, 0.2) is 7.98 Å². The van der Waals surface area contributed by atoms with Crippen molar-refractivity contribution in [3.8, 4) is 0 Å². The van der Waals surface area contributed by atoms with E-state index in [1.54, 1.807) is 0 Å². The maximum absolute atomic E-state index is 10.2. The summed E-state index contributed by atoms with van der Waals surface area (Å²) in [5, 5.41) is 0. The molecule has 1 unspecified atom stereocenters. The van der Waals surface area contributed by atoms with Gasteiger partial charge >= 0.3 is 0 Å². The Kier molecular flexibility index (Phi) is 5.31. The number of carbonyl (C=O) groups excluding carboxylic acids is 1. The van der Waals surface area contributed by atoms with Crippen LogP contribution in [-0.4, -0.2) is 31.7 Å². The van der Waals surface area contributed by atoms with E-state index in [0.29, 0.717) is 12.5 Å². The molecule has 0 aromatic heterocycles. The van der Waals surface area contributed by atoms with Crippen molar-refractivity contribution in [1.82, 2.24) is 4.81 Å². The smallest absolute Gasteiger partial charge is 0.185 e. The van der Waals surface area contributed by atoms with Gasteiger partial charge in [0.2, 0.25) is 0 Å². The van der Waals surface area contributed by atoms with Crippen molar-refractivity contribution in [2.45, 2.75) is 32.7 Å². The molecular formula is C7H16BNO. The van der Waals surface area contributed by atoms with Crippen molar-refractivity contribution in [1.29, 1.82) is 0 Å². The maximum Gasteiger partial charge on any atom is 0.185 e. The Balaban J connectivity index is 3.67. The van der Waals surface area contributed by atoms with Gasteiger partial charge in [-0.1, -0.05) is 13.8 Å². The van der Waals surface area contributed by atoms with Crippen LogP contribution in [0.3, 0.4) is 0 Å². The predicted octanol–water partition coefficient (Wildman–Crippen LogP) is 0.224. The fraction of sp³-hybridized carbons (Fsp3) is 0.857. The van der Waals surface area contributed by atoms with Crippen molar-refractivity contribution in [3.05, 3.63) is 0 Å². The molecule has 0 saturated carbocycles. The molecule has 0 heterocycles. The second-order valence-electron chi connectivity index (χ2n) is 2.54. The van der Waals surface area contributed by atoms with Crippen LogP contribution in [0.5, 0.6) is 0 Å². The predicted molar refractivity (Wildman–Crippen MR) is 45.7 cm³/mol. The maximum atomic E-state index is 10.2. The molecule has 0 radical (unpaired) electrons. The van der Waals surface area contributed by atoms with Crippen LogP contribution in [0.25, 0.3) is 0 Å². The van der Waals surface area contributed by atoms with Gasteiger partial charge < -0.3 is 9.61 Å². The number of hydrogen-bond acceptors (Lipinski definition) is 2. The van der Waals surface area contributed by atoms with Crippen LogP contribution >= 0.6 is 0 Å². The van der Waals surface area contributed by atoms with Crippen molar-refractivity contribution >= 4 is 14.3 Å². The van der Waals surface area contributed by atoms with E-state index < -0.39 is 0 Å². The van der Waals surface area contributed by atoms with E-state index in [2.05, 4.69) is 26.6 Å². The number of carbonyl (C=O) groups is 1. The number of nitrogens with zero attached hydrogens (tertiary/aromatic N) is 1. The minimum atomic E-state index is 0.447. The van der Waals surface area contributed by atoms with Crippen LogP contribution in [0.1, 0.15) is 26.7 Å². The molecule has 0 bridgehead atoms. The standard InChI is InChI=1S/C7H16BNO/c1-3-7(5-6-10)9(8)4-2/h6-7H,3-5,8H2,1-2H3. The normalized spacial score (nSPS) is 13.5. The molecule has 3 heteroatoms. The highest BCUT2D eigenvalue weighted by Crippen LogP contribution is 2.02. The van der Waals surface area contributed by atoms with Crippen LogP contribution in [0.15, 0.2) is 0 Å². The molecule has 0 amide bonds. The highest BCUT2D eigenvalue weighted by atomic mass is 16.1. The number of aldehydes is 1. The van der Waals surface area contributed by atoms with E-state index >= 15 is 0 Å². The van der Waals surface area contributed by atoms with Crippen molar-refractivity contribution in [3.63, 3.8) is 0 Å². The molecule has 0 aliphatic rings. The molecule has 0 aromatic rings. The lowest BCUT2D eigenvalue weighted by Crippen LogP contribution is -2.32. The third-order valence-corrected chi connectivity index (χ3v) is 1.96. The fourth-order valence-corrected chi connectivity index (χ4v) is 1.03. The molecule has 0 fully saturated rings. The summed E-state index contributed by atoms with van der Waals surface area (Å²) in [5.74, 6) is 0. The van der Waals surface area contributed by atoms with E-state index in [4.69, 9.17) is 0 Å². The second-order valence-corrected chi connectivity index (χ2v) is 2.54. The molecule has 0 saturated heterocycles. The molecule has 0 aromatic carbocycles. The van der Waals surface area contributed by atoms with Gasteiger partial charge in [-0.3, -0.25) is 0 Å². The van der Waals surface area contributed by atoms with Gasteiger partial charge in [0, 0.05) is 12.5 Å². The fourth-order valence-electron chi connectivity index (χ4n) is 1.03. The van der Waals surface area contributed by atoms with Gasteiger partial charge in [0.05, 0.1) is 0 Å². The van der Waals surface area contributed by atoms with Gasteiger partial charge in [0.1, 0.15) is 6.29 Å². The van der Waals surface area contributed by atoms with Crippen LogP contribution in [0, 0.1) is 0 Å². The summed E-state index contributed by atoms with van der Waals surface area (Å²) < 4.78 is 0. The summed E-state index contributed by atoms with van der Waals surface area (Å²) in [6.07, 6.45) is 2.73. The van der Waals surface area contributed by atoms with Gasteiger partial charge in [-0.2, -0.15) is 0 Å². The van der Waals surface area contributed by atoms with E-state index in [1.807, 2.05) is 0 Å². The van der Waals surface area contributed by atoms with Crippen LogP contribution in [-0.2, 0) is 4.79 Å². The molecular weight excluding hydrogens is 125 g/mol. The average molecular weight is 141 g/mol. The first-order valence-electron chi connectivity index (χ1n) is 3.90. The van der Waals surface area contributed by atoms with E-state index in [0.717, 1.165) is 19.3 Å². The topological polar surface area (TPSA) is 20.3 Å². The number of hydrogen-bond donors (Lipinski definition) is 0. The monoisotopic (exact) mass is 141 g/mol. The lowest BCUT2D eigenvalue weighted by molar-refractivity contribution is -0.108. The zero-order valence-electron chi connectivity index (χ0n) is 7.13. The first-order chi connectivity index (χ1) is 4.76. The summed E-state index contributed by atoms with van der Waals surface area (Å²) in [6, 6.07) is 0.447. The lowest BCUT2D eigenvalue weighted by atomic mass is 10.1. The summed E-state index contributed by atoms with van der Waals surface area (Å²) in [4.78, 5) is 12.4. The zero-order valence-corrected chi connectivity index (χ0v) is 7.13. The molecule has 2 nitrogen and oxygen atoms in total. The second kappa shape index (κ2) is 5.48. The Bertz CT molecular complexity index is 97.6. The molecule has 0 aliphatic heterocycles. The van der Waals surface area contributed by atoms with Gasteiger partial charge in [-0.25, -0.2) is 0 Å². The summed E-state index contributed by atoms with van der Waals surface area (Å²) in [5.41, 5.74) is 0. The largest absolute Gasteiger partial charge is 0.346 e. The Labute approximate surface area is 64.0 Å². The third kappa shape index (κ3) is 3.02. The Morgan fingerprint density at radius 1 is 1.60 bits per heavy atom. The lowest BCUT2D eigenvalue weighted by Gasteiger charge is -2.23. The molecule has 0 N–H and O–H groups in total. The van der Waals surface area contributed by atoms with Crippen molar-refractivity contribution in [2.75, 3.05) is 6.54 Å². The Hall–Kier alpha value is -0.305. The van der Waals surface area contributed by atoms with Gasteiger partial charge in [0.25, 0.3) is 0 Å². The van der Waals surface area contributed by atoms with Gasteiger partial charge in [-0.05, 0) is 13.0 Å². The zero-order chi connectivity index (χ0) is 7.98. The molecule has 0 aliphatic carbocycles. The van der Waals surface area contributed by atoms with E-state index in [9.17, 15) is 4.79 Å². The summed E-state index contributed by atoms with van der Waals surface area (Å²) in [7, 11) is 2.05. The molecule has 0 rings (SSSR count). The van der Waals surface area contributed by atoms with Gasteiger partial charge in [-0.15, -0.1) is 0 Å². The van der Waals surface area contributed by atoms with Crippen molar-refractivity contribution in [2.24, 2.45) is 0 Å². The minimum Gasteiger partial charge on any atom is -0.346 e. The van der Waals surface area contributed by atoms with Crippen LogP contribution in [0.4, 0.5) is 0 Å². The Morgan fingerprint density at radius 3 is 2.50 bits per heavy atom. The quantitative estimate of drug-likeness (QED) is 0.403. The molecule has 10 heavy (non-hydrogen) atoms. The first-order valence-corrected chi connectivity index (χ1v) is 3.90. The number of rotatable bonds is 5. The highest BCUT2D eigenvalue weighted by molar-refractivity contribution is 6.04. The summed E-state index contributed by atoms with van der Waals surface area (Å²) >= 11 is 0. The van der Waals surface area contributed by atoms with Crippen molar-refractivity contribution < 1.29 is 4.79 Å². The van der Waals surface area contributed by atoms with Crippen LogP contribution < -0.4 is 0 Å². The minimum absolute atomic E-state index is 0.447. The van der Waals surface area contributed by atoms with E-state index in [1.165, 1.54) is 0 Å². The third-order valence-electron chi connectivity index (χ3n) is 1.96. The average Bonchev–Trinajstić information content (AvgIpc) is 1.99. The molecule has 58 valence electrons. The van der Waals surface area contributed by atoms with Crippen LogP contribution in [0.2, 0.25) is 0 Å². The molecule has 0 spiro atoms. The van der Waals surface area contributed by atoms with E-state index in [-0.39, 0.29) is 0 Å².